The summed E-state index contributed by atoms with van der Waals surface area (Å²) in [6, 6.07) is 22.7. The standard InChI is InChI=1S/C24H29NO/c1-4-18(5-2)17-25(3)24(20-12-7-6-8-13-20)23-21-14-10-9-11-19(21)15-16-22(23)26/h6-16,18,24,26H,4-5,17H2,1-3H3/t24-/m0/s1. The van der Waals surface area contributed by atoms with E-state index in [1.165, 1.54) is 18.4 Å². The molecule has 0 spiro atoms. The van der Waals surface area contributed by atoms with E-state index in [9.17, 15) is 5.11 Å². The molecule has 0 heterocycles. The Morgan fingerprint density at radius 2 is 1.50 bits per heavy atom. The van der Waals surface area contributed by atoms with Crippen LogP contribution in [0.3, 0.4) is 0 Å². The average molecular weight is 348 g/mol. The summed E-state index contributed by atoms with van der Waals surface area (Å²) >= 11 is 0. The zero-order valence-corrected chi connectivity index (χ0v) is 16.0. The zero-order chi connectivity index (χ0) is 18.5. The molecule has 2 heteroatoms. The monoisotopic (exact) mass is 347 g/mol. The van der Waals surface area contributed by atoms with Gasteiger partial charge in [-0.1, -0.05) is 87.4 Å². The van der Waals surface area contributed by atoms with Crippen LogP contribution < -0.4 is 0 Å². The lowest BCUT2D eigenvalue weighted by Crippen LogP contribution is -2.30. The lowest BCUT2D eigenvalue weighted by molar-refractivity contribution is 0.224. The predicted octanol–water partition coefficient (Wildman–Crippen LogP) is 6.00. The Morgan fingerprint density at radius 1 is 0.846 bits per heavy atom. The summed E-state index contributed by atoms with van der Waals surface area (Å²) in [5.74, 6) is 1.03. The molecule has 0 amide bonds. The second-order valence-electron chi connectivity index (χ2n) is 7.15. The maximum atomic E-state index is 10.8. The molecule has 26 heavy (non-hydrogen) atoms. The predicted molar refractivity (Wildman–Crippen MR) is 111 cm³/mol. The number of rotatable bonds is 7. The van der Waals surface area contributed by atoms with Crippen LogP contribution >= 0.6 is 0 Å². The van der Waals surface area contributed by atoms with E-state index >= 15 is 0 Å². The minimum atomic E-state index is 0.0305. The second-order valence-corrected chi connectivity index (χ2v) is 7.15. The molecule has 0 aliphatic carbocycles. The minimum absolute atomic E-state index is 0.0305. The minimum Gasteiger partial charge on any atom is -0.508 e. The Morgan fingerprint density at radius 3 is 2.19 bits per heavy atom. The van der Waals surface area contributed by atoms with Crippen molar-refractivity contribution < 1.29 is 5.11 Å². The van der Waals surface area contributed by atoms with E-state index in [1.807, 2.05) is 24.3 Å². The third kappa shape index (κ3) is 3.76. The smallest absolute Gasteiger partial charge is 0.121 e. The molecule has 136 valence electrons. The molecule has 0 fully saturated rings. The van der Waals surface area contributed by atoms with Crippen molar-refractivity contribution in [2.24, 2.45) is 5.92 Å². The molecule has 0 bridgehead atoms. The number of fused-ring (bicyclic) bond motifs is 1. The van der Waals surface area contributed by atoms with Crippen LogP contribution in [-0.2, 0) is 0 Å². The van der Waals surface area contributed by atoms with E-state index in [-0.39, 0.29) is 6.04 Å². The van der Waals surface area contributed by atoms with Gasteiger partial charge in [-0.15, -0.1) is 0 Å². The van der Waals surface area contributed by atoms with Crippen molar-refractivity contribution >= 4 is 10.8 Å². The van der Waals surface area contributed by atoms with Gasteiger partial charge in [0, 0.05) is 12.1 Å². The molecule has 3 rings (SSSR count). The summed E-state index contributed by atoms with van der Waals surface area (Å²) in [6.07, 6.45) is 2.34. The van der Waals surface area contributed by atoms with Crippen molar-refractivity contribution in [3.05, 3.63) is 77.9 Å². The summed E-state index contributed by atoms with van der Waals surface area (Å²) in [4.78, 5) is 2.40. The Hall–Kier alpha value is -2.32. The number of nitrogens with zero attached hydrogens (tertiary/aromatic N) is 1. The Bertz CT molecular complexity index is 839. The second kappa shape index (κ2) is 8.37. The van der Waals surface area contributed by atoms with Gasteiger partial charge in [0.2, 0.25) is 0 Å². The number of phenols is 1. The number of phenolic OH excluding ortho intramolecular Hbond substituents is 1. The summed E-state index contributed by atoms with van der Waals surface area (Å²) < 4.78 is 0. The van der Waals surface area contributed by atoms with Crippen molar-refractivity contribution in [1.82, 2.24) is 4.90 Å². The van der Waals surface area contributed by atoms with Crippen LogP contribution in [0.5, 0.6) is 5.75 Å². The van der Waals surface area contributed by atoms with Gasteiger partial charge in [-0.2, -0.15) is 0 Å². The molecule has 0 radical (unpaired) electrons. The van der Waals surface area contributed by atoms with Crippen molar-refractivity contribution in [3.8, 4) is 5.75 Å². The summed E-state index contributed by atoms with van der Waals surface area (Å²) in [6.45, 7) is 5.53. The zero-order valence-electron chi connectivity index (χ0n) is 16.0. The highest BCUT2D eigenvalue weighted by molar-refractivity contribution is 5.88. The fourth-order valence-corrected chi connectivity index (χ4v) is 3.91. The SMILES string of the molecule is CCC(CC)CN(C)[C@@H](c1ccccc1)c1c(O)ccc2ccccc12. The van der Waals surface area contributed by atoms with E-state index in [4.69, 9.17) is 0 Å². The molecule has 0 saturated heterocycles. The molecule has 0 aliphatic rings. The van der Waals surface area contributed by atoms with Gasteiger partial charge in [0.05, 0.1) is 6.04 Å². The van der Waals surface area contributed by atoms with Crippen LogP contribution in [0.15, 0.2) is 66.7 Å². The molecule has 3 aromatic carbocycles. The molecule has 2 nitrogen and oxygen atoms in total. The first-order valence-corrected chi connectivity index (χ1v) is 9.61. The molecular formula is C24H29NO. The van der Waals surface area contributed by atoms with Gasteiger partial charge in [0.15, 0.2) is 0 Å². The van der Waals surface area contributed by atoms with Crippen LogP contribution in [0, 0.1) is 5.92 Å². The largest absolute Gasteiger partial charge is 0.508 e. The molecule has 0 aliphatic heterocycles. The van der Waals surface area contributed by atoms with E-state index in [1.54, 1.807) is 0 Å². The number of benzene rings is 3. The lowest BCUT2D eigenvalue weighted by Gasteiger charge is -2.33. The third-order valence-corrected chi connectivity index (χ3v) is 5.48. The fraction of sp³-hybridized carbons (Fsp3) is 0.333. The third-order valence-electron chi connectivity index (χ3n) is 5.48. The first-order chi connectivity index (χ1) is 12.7. The molecule has 0 saturated carbocycles. The first-order valence-electron chi connectivity index (χ1n) is 9.61. The van der Waals surface area contributed by atoms with Gasteiger partial charge in [-0.3, -0.25) is 4.90 Å². The lowest BCUT2D eigenvalue weighted by atomic mass is 9.90. The Labute approximate surface area is 157 Å². The topological polar surface area (TPSA) is 23.5 Å². The van der Waals surface area contributed by atoms with Crippen LogP contribution in [0.25, 0.3) is 10.8 Å². The molecule has 1 N–H and O–H groups in total. The van der Waals surface area contributed by atoms with E-state index in [0.717, 1.165) is 22.9 Å². The van der Waals surface area contributed by atoms with E-state index < -0.39 is 0 Å². The summed E-state index contributed by atoms with van der Waals surface area (Å²) in [5, 5.41) is 13.1. The fourth-order valence-electron chi connectivity index (χ4n) is 3.91. The average Bonchev–Trinajstić information content (AvgIpc) is 2.69. The molecular weight excluding hydrogens is 318 g/mol. The Balaban J connectivity index is 2.14. The molecule has 0 unspecified atom stereocenters. The molecule has 3 aromatic rings. The van der Waals surface area contributed by atoms with Gasteiger partial charge < -0.3 is 5.11 Å². The van der Waals surface area contributed by atoms with Crippen LogP contribution in [0.4, 0.5) is 0 Å². The van der Waals surface area contributed by atoms with Crippen molar-refractivity contribution in [1.29, 1.82) is 0 Å². The van der Waals surface area contributed by atoms with Gasteiger partial charge in [-0.05, 0) is 35.4 Å². The van der Waals surface area contributed by atoms with Gasteiger partial charge in [0.25, 0.3) is 0 Å². The number of hydrogen-bond acceptors (Lipinski definition) is 2. The van der Waals surface area contributed by atoms with Gasteiger partial charge in [-0.25, -0.2) is 0 Å². The van der Waals surface area contributed by atoms with Crippen LogP contribution in [0.2, 0.25) is 0 Å². The van der Waals surface area contributed by atoms with Crippen LogP contribution in [-0.4, -0.2) is 23.6 Å². The quantitative estimate of drug-likeness (QED) is 0.566. The van der Waals surface area contributed by atoms with Gasteiger partial charge >= 0.3 is 0 Å². The van der Waals surface area contributed by atoms with E-state index in [2.05, 4.69) is 68.3 Å². The van der Waals surface area contributed by atoms with E-state index in [0.29, 0.717) is 11.7 Å². The van der Waals surface area contributed by atoms with Crippen molar-refractivity contribution in [2.75, 3.05) is 13.6 Å². The normalized spacial score (nSPS) is 12.8. The highest BCUT2D eigenvalue weighted by Crippen LogP contribution is 2.39. The van der Waals surface area contributed by atoms with Crippen molar-refractivity contribution in [3.63, 3.8) is 0 Å². The maximum absolute atomic E-state index is 10.8. The van der Waals surface area contributed by atoms with Crippen molar-refractivity contribution in [2.45, 2.75) is 32.7 Å². The molecule has 1 atom stereocenters. The van der Waals surface area contributed by atoms with Gasteiger partial charge in [0.1, 0.15) is 5.75 Å². The Kier molecular flexibility index (Phi) is 5.95. The highest BCUT2D eigenvalue weighted by Gasteiger charge is 2.25. The molecule has 0 aromatic heterocycles. The number of aromatic hydroxyl groups is 1. The summed E-state index contributed by atoms with van der Waals surface area (Å²) in [7, 11) is 2.18. The number of hydrogen-bond donors (Lipinski definition) is 1. The first kappa shape index (κ1) is 18.5. The van der Waals surface area contributed by atoms with Crippen LogP contribution in [0.1, 0.15) is 43.9 Å². The maximum Gasteiger partial charge on any atom is 0.121 e. The summed E-state index contributed by atoms with van der Waals surface area (Å²) in [5.41, 5.74) is 2.22. The highest BCUT2D eigenvalue weighted by atomic mass is 16.3.